The summed E-state index contributed by atoms with van der Waals surface area (Å²) in [5, 5.41) is 9.82. The van der Waals surface area contributed by atoms with E-state index < -0.39 is 8.60 Å². The molecule has 0 aliphatic heterocycles. The molecule has 9 nitrogen and oxygen atoms in total. The van der Waals surface area contributed by atoms with Crippen LogP contribution in [0.5, 0.6) is 0 Å². The van der Waals surface area contributed by atoms with Crippen LogP contribution in [-0.2, 0) is 18.6 Å². The molecule has 0 spiro atoms. The lowest BCUT2D eigenvalue weighted by molar-refractivity contribution is -0.870. The van der Waals surface area contributed by atoms with Crippen LogP contribution in [0.1, 0.15) is 15.9 Å². The average Bonchev–Trinajstić information content (AvgIpc) is 2.78. The van der Waals surface area contributed by atoms with Crippen LogP contribution < -0.4 is 0 Å². The van der Waals surface area contributed by atoms with Gasteiger partial charge in [0.25, 0.3) is 5.91 Å². The van der Waals surface area contributed by atoms with E-state index >= 15 is 0 Å². The van der Waals surface area contributed by atoms with E-state index in [1.807, 2.05) is 27.4 Å². The fourth-order valence-corrected chi connectivity index (χ4v) is 3.34. The van der Waals surface area contributed by atoms with Crippen LogP contribution in [0.15, 0.2) is 17.3 Å². The van der Waals surface area contributed by atoms with Gasteiger partial charge in [-0.1, -0.05) is 12.7 Å². The zero-order valence-corrected chi connectivity index (χ0v) is 21.2. The van der Waals surface area contributed by atoms with Gasteiger partial charge in [0.2, 0.25) is 0 Å². The van der Waals surface area contributed by atoms with E-state index in [0.717, 1.165) is 11.0 Å². The normalized spacial score (nSPS) is 11.5. The molecule has 1 rings (SSSR count). The predicted octanol–water partition coefficient (Wildman–Crippen LogP) is 2.50. The van der Waals surface area contributed by atoms with Gasteiger partial charge in [0, 0.05) is 12.7 Å². The number of quaternary nitrogens is 1. The topological polar surface area (TPSA) is 93.9 Å². The van der Waals surface area contributed by atoms with E-state index in [-0.39, 0.29) is 31.2 Å². The lowest BCUT2D eigenvalue weighted by atomic mass is 10.2. The number of amides is 1. The largest absolute Gasteiger partial charge is 0.363 e. The summed E-state index contributed by atoms with van der Waals surface area (Å²) in [5.74, 6) is 2.12. The summed E-state index contributed by atoms with van der Waals surface area (Å²) in [4.78, 5) is 23.1. The molecule has 12 heteroatoms. The van der Waals surface area contributed by atoms with Crippen LogP contribution in [0.2, 0.25) is 6.82 Å². The molecule has 32 heavy (non-hydrogen) atoms. The fraction of sp³-hybridized carbons (Fsp3) is 0.550. The molecule has 0 N–H and O–H groups in total. The number of rotatable bonds is 13. The number of aromatic nitrogens is 1. The highest BCUT2D eigenvalue weighted by Crippen LogP contribution is 2.39. The van der Waals surface area contributed by atoms with Crippen molar-refractivity contribution in [1.82, 2.24) is 9.88 Å². The van der Waals surface area contributed by atoms with Crippen LogP contribution in [0.4, 0.5) is 0 Å². The number of carbonyl (C=O) groups is 1. The fourth-order valence-electron chi connectivity index (χ4n) is 2.11. The number of pyridine rings is 1. The van der Waals surface area contributed by atoms with Crippen LogP contribution >= 0.6 is 20.4 Å². The lowest BCUT2D eigenvalue weighted by Crippen LogP contribution is -2.37. The first-order chi connectivity index (χ1) is 15.3. The Kier molecular flexibility index (Phi) is 16.0. The summed E-state index contributed by atoms with van der Waals surface area (Å²) in [6, 6.07) is 3.56. The molecule has 1 unspecified atom stereocenters. The minimum absolute atomic E-state index is 0.0831. The van der Waals surface area contributed by atoms with Gasteiger partial charge < -0.3 is 18.4 Å². The summed E-state index contributed by atoms with van der Waals surface area (Å²) >= 11 is 1.34. The van der Waals surface area contributed by atoms with Crippen molar-refractivity contribution in [3.8, 4) is 18.4 Å². The molecule has 0 saturated heterocycles. The van der Waals surface area contributed by atoms with E-state index in [4.69, 9.17) is 20.1 Å². The Bertz CT molecular complexity index is 783. The van der Waals surface area contributed by atoms with E-state index in [0.29, 0.717) is 17.2 Å². The van der Waals surface area contributed by atoms with Crippen LogP contribution in [-0.4, -0.2) is 95.5 Å². The molecule has 1 aromatic rings. The Morgan fingerprint density at radius 2 is 2.00 bits per heavy atom. The zero-order valence-electron chi connectivity index (χ0n) is 19.5. The van der Waals surface area contributed by atoms with Crippen LogP contribution in [0.25, 0.3) is 0 Å². The van der Waals surface area contributed by atoms with Crippen molar-refractivity contribution in [3.05, 3.63) is 23.4 Å². The van der Waals surface area contributed by atoms with Gasteiger partial charge in [0.05, 0.1) is 60.4 Å². The maximum atomic E-state index is 12.8. The lowest BCUT2D eigenvalue weighted by Gasteiger charge is -2.25. The molecule has 1 heterocycles. The Morgan fingerprint density at radius 1 is 1.34 bits per heavy atom. The molecule has 0 aliphatic rings. The Morgan fingerprint density at radius 3 is 2.53 bits per heavy atom. The first-order valence-electron chi connectivity index (χ1n) is 9.57. The number of terminal acetylenes is 1. The van der Waals surface area contributed by atoms with Gasteiger partial charge in [-0.3, -0.25) is 4.79 Å². The quantitative estimate of drug-likeness (QED) is 0.0807. The molecule has 0 aliphatic carbocycles. The van der Waals surface area contributed by atoms with Gasteiger partial charge in [-0.25, -0.2) is 9.87 Å². The number of nitriles is 1. The molecule has 0 aromatic carbocycles. The molecular weight excluding hydrogens is 450 g/mol. The van der Waals surface area contributed by atoms with Crippen molar-refractivity contribution in [1.29, 1.82) is 5.26 Å². The summed E-state index contributed by atoms with van der Waals surface area (Å²) in [5.41, 5.74) is 0.627. The van der Waals surface area contributed by atoms with E-state index in [1.165, 1.54) is 42.9 Å². The van der Waals surface area contributed by atoms with Crippen molar-refractivity contribution in [3.63, 3.8) is 0 Å². The maximum absolute atomic E-state index is 12.8. The number of hydrogen-bond donors (Lipinski definition) is 0. The molecule has 2 radical (unpaired) electrons. The minimum atomic E-state index is -1.72. The molecule has 1 atom stereocenters. The summed E-state index contributed by atoms with van der Waals surface area (Å²) < 4.78 is 16.9. The number of carbonyl (C=O) groups excluding carboxylic acids is 1. The third-order valence-electron chi connectivity index (χ3n) is 3.63. The number of likely N-dealkylation sites (N-methyl/N-ethyl adjacent to an activating group) is 1. The van der Waals surface area contributed by atoms with Crippen molar-refractivity contribution in [2.45, 2.75) is 11.8 Å². The van der Waals surface area contributed by atoms with Crippen LogP contribution in [0, 0.1) is 23.7 Å². The molecule has 1 amide bonds. The predicted molar refractivity (Wildman–Crippen MR) is 127 cm³/mol. The SMILES string of the molecule is C#CCN(CCOP(OCC[N+](C)(C)C)OOC)C(=O)c1cnc(SC)c(C#N)c1.[B]C. The number of nitrogens with zero attached hydrogens (tertiary/aromatic N) is 4. The standard InChI is InChI=1S/C19H28N4O5PS.CH3B/c1-7-8-22(19(24)17-13-16(14-20)18(30-6)21-15-17)9-11-26-29(28-25-5)27-12-10-23(2,3)4;1-2/h1,13,15H,8-12H2,2-6H3;1H3/q+1;. The first kappa shape index (κ1) is 30.3. The number of hydrogen-bond acceptors (Lipinski definition) is 8. The highest BCUT2D eigenvalue weighted by molar-refractivity contribution is 7.98. The van der Waals surface area contributed by atoms with E-state index in [1.54, 1.807) is 0 Å². The second kappa shape index (κ2) is 16.9. The second-order valence-electron chi connectivity index (χ2n) is 6.97. The van der Waals surface area contributed by atoms with E-state index in [2.05, 4.69) is 29.7 Å². The average molecular weight is 481 g/mol. The highest BCUT2D eigenvalue weighted by Gasteiger charge is 2.20. The highest BCUT2D eigenvalue weighted by atomic mass is 32.2. The van der Waals surface area contributed by atoms with Gasteiger partial charge in [-0.05, 0) is 12.3 Å². The third kappa shape index (κ3) is 11.8. The third-order valence-corrected chi connectivity index (χ3v) is 5.40. The van der Waals surface area contributed by atoms with Gasteiger partial charge in [-0.15, -0.1) is 18.2 Å². The molecule has 0 saturated carbocycles. The molecule has 0 fully saturated rings. The first-order valence-corrected chi connectivity index (χ1v) is 11.9. The van der Waals surface area contributed by atoms with Gasteiger partial charge >= 0.3 is 8.60 Å². The monoisotopic (exact) mass is 481 g/mol. The zero-order chi connectivity index (χ0) is 24.6. The van der Waals surface area contributed by atoms with Gasteiger partial charge in [-0.2, -0.15) is 9.94 Å². The van der Waals surface area contributed by atoms with Crippen LogP contribution in [0.3, 0.4) is 0 Å². The Hall–Kier alpha value is -1.69. The summed E-state index contributed by atoms with van der Waals surface area (Å²) in [7, 11) is 10.3. The summed E-state index contributed by atoms with van der Waals surface area (Å²) in [6.07, 6.45) is 8.66. The van der Waals surface area contributed by atoms with Crippen molar-refractivity contribution < 1.29 is 27.9 Å². The summed E-state index contributed by atoms with van der Waals surface area (Å²) in [6.45, 7) is 3.11. The molecule has 174 valence electrons. The molecule has 0 bridgehead atoms. The van der Waals surface area contributed by atoms with Gasteiger partial charge in [0.1, 0.15) is 24.2 Å². The number of thioether (sulfide) groups is 1. The Labute approximate surface area is 198 Å². The smallest absolute Gasteiger partial charge is 0.329 e. The van der Waals surface area contributed by atoms with Crippen molar-refractivity contribution in [2.75, 3.05) is 67.4 Å². The van der Waals surface area contributed by atoms with Crippen molar-refractivity contribution >= 4 is 34.1 Å². The van der Waals surface area contributed by atoms with Crippen molar-refractivity contribution in [2.24, 2.45) is 0 Å². The van der Waals surface area contributed by atoms with Gasteiger partial charge in [0.15, 0.2) is 0 Å². The Balaban J connectivity index is 0.00000466. The molecule has 1 aromatic heterocycles. The molecular formula is C20H31BN4O5PS+. The van der Waals surface area contributed by atoms with E-state index in [9.17, 15) is 10.1 Å². The minimum Gasteiger partial charge on any atom is -0.329 e. The second-order valence-corrected chi connectivity index (χ2v) is 8.88. The maximum Gasteiger partial charge on any atom is 0.363 e.